The van der Waals surface area contributed by atoms with Crippen molar-refractivity contribution in [1.82, 2.24) is 9.97 Å². The minimum atomic E-state index is 0.147. The van der Waals surface area contributed by atoms with Crippen LogP contribution in [0.2, 0.25) is 0 Å². The summed E-state index contributed by atoms with van der Waals surface area (Å²) >= 11 is 0. The van der Waals surface area contributed by atoms with Gasteiger partial charge in [-0.3, -0.25) is 5.43 Å². The van der Waals surface area contributed by atoms with E-state index in [1.54, 1.807) is 6.20 Å². The van der Waals surface area contributed by atoms with Gasteiger partial charge in [0, 0.05) is 11.8 Å². The molecule has 3 N–H and O–H groups in total. The van der Waals surface area contributed by atoms with Crippen LogP contribution in [0.25, 0.3) is 0 Å². The van der Waals surface area contributed by atoms with E-state index in [1.807, 2.05) is 13.8 Å². The first-order chi connectivity index (χ1) is 6.67. The summed E-state index contributed by atoms with van der Waals surface area (Å²) < 4.78 is 5.59. The molecule has 0 saturated carbocycles. The van der Waals surface area contributed by atoms with Crippen molar-refractivity contribution in [2.45, 2.75) is 33.3 Å². The summed E-state index contributed by atoms with van der Waals surface area (Å²) in [6, 6.07) is 0. The van der Waals surface area contributed by atoms with Gasteiger partial charge in [0.1, 0.15) is 0 Å². The maximum atomic E-state index is 5.59. The standard InChI is InChI=1S/C9H16N4O/c1-4-7(3)14-8-6(2)5-11-9(12-8)13-10/h5,7H,4,10H2,1-3H3,(H,11,12,13). The second-order valence-electron chi connectivity index (χ2n) is 3.16. The van der Waals surface area contributed by atoms with E-state index < -0.39 is 0 Å². The van der Waals surface area contributed by atoms with Crippen molar-refractivity contribution in [3.63, 3.8) is 0 Å². The molecule has 1 rings (SSSR count). The van der Waals surface area contributed by atoms with E-state index in [0.29, 0.717) is 11.8 Å². The fourth-order valence-electron chi connectivity index (χ4n) is 0.889. The van der Waals surface area contributed by atoms with E-state index >= 15 is 0 Å². The maximum absolute atomic E-state index is 5.59. The molecule has 0 fully saturated rings. The van der Waals surface area contributed by atoms with Gasteiger partial charge in [-0.1, -0.05) is 6.92 Å². The van der Waals surface area contributed by atoms with Crippen LogP contribution in [0, 0.1) is 6.92 Å². The molecule has 0 aliphatic heterocycles. The number of nitrogens with zero attached hydrogens (tertiary/aromatic N) is 2. The van der Waals surface area contributed by atoms with Crippen LogP contribution in [0.4, 0.5) is 5.95 Å². The molecule has 0 aliphatic rings. The SMILES string of the molecule is CCC(C)Oc1nc(NN)ncc1C. The zero-order chi connectivity index (χ0) is 10.6. The van der Waals surface area contributed by atoms with Crippen LogP contribution in [0.5, 0.6) is 5.88 Å². The van der Waals surface area contributed by atoms with Gasteiger partial charge in [0.15, 0.2) is 0 Å². The van der Waals surface area contributed by atoms with Crippen LogP contribution in [0.1, 0.15) is 25.8 Å². The highest BCUT2D eigenvalue weighted by atomic mass is 16.5. The molecule has 5 nitrogen and oxygen atoms in total. The molecule has 78 valence electrons. The molecule has 1 unspecified atom stereocenters. The van der Waals surface area contributed by atoms with E-state index in [2.05, 4.69) is 22.3 Å². The Hall–Kier alpha value is -1.36. The Labute approximate surface area is 83.7 Å². The molecule has 5 heteroatoms. The first kappa shape index (κ1) is 10.7. The second-order valence-corrected chi connectivity index (χ2v) is 3.16. The molecule has 0 bridgehead atoms. The van der Waals surface area contributed by atoms with Crippen LogP contribution in [-0.2, 0) is 0 Å². The number of hydrazine groups is 1. The topological polar surface area (TPSA) is 73.1 Å². The van der Waals surface area contributed by atoms with Gasteiger partial charge in [-0.15, -0.1) is 0 Å². The Morgan fingerprint density at radius 3 is 2.93 bits per heavy atom. The number of hydrogen-bond donors (Lipinski definition) is 2. The molecule has 1 heterocycles. The lowest BCUT2D eigenvalue weighted by Crippen LogP contribution is -2.15. The van der Waals surface area contributed by atoms with Crippen LogP contribution in [0.15, 0.2) is 6.20 Å². The predicted molar refractivity (Wildman–Crippen MR) is 55.0 cm³/mol. The number of rotatable bonds is 4. The second kappa shape index (κ2) is 4.76. The van der Waals surface area contributed by atoms with Crippen LogP contribution in [-0.4, -0.2) is 16.1 Å². The number of anilines is 1. The minimum absolute atomic E-state index is 0.147. The van der Waals surface area contributed by atoms with E-state index in [0.717, 1.165) is 12.0 Å². The predicted octanol–water partition coefficient (Wildman–Crippen LogP) is 1.25. The fraction of sp³-hybridized carbons (Fsp3) is 0.556. The van der Waals surface area contributed by atoms with Crippen LogP contribution >= 0.6 is 0 Å². The van der Waals surface area contributed by atoms with Crippen LogP contribution in [0.3, 0.4) is 0 Å². The molecular weight excluding hydrogens is 180 g/mol. The third kappa shape index (κ3) is 2.56. The summed E-state index contributed by atoms with van der Waals surface area (Å²) in [4.78, 5) is 8.07. The van der Waals surface area contributed by atoms with E-state index in [4.69, 9.17) is 10.6 Å². The summed E-state index contributed by atoms with van der Waals surface area (Å²) in [6.45, 7) is 5.96. The summed E-state index contributed by atoms with van der Waals surface area (Å²) in [7, 11) is 0. The Morgan fingerprint density at radius 1 is 1.64 bits per heavy atom. The zero-order valence-electron chi connectivity index (χ0n) is 8.74. The third-order valence-corrected chi connectivity index (χ3v) is 1.94. The molecular formula is C9H16N4O. The van der Waals surface area contributed by atoms with Gasteiger partial charge >= 0.3 is 0 Å². The molecule has 1 aromatic heterocycles. The molecule has 0 radical (unpaired) electrons. The molecule has 14 heavy (non-hydrogen) atoms. The first-order valence-electron chi connectivity index (χ1n) is 4.64. The number of aryl methyl sites for hydroxylation is 1. The van der Waals surface area contributed by atoms with E-state index in [1.165, 1.54) is 0 Å². The molecule has 0 aliphatic carbocycles. The maximum Gasteiger partial charge on any atom is 0.240 e. The molecule has 0 aromatic carbocycles. The van der Waals surface area contributed by atoms with E-state index in [-0.39, 0.29) is 6.10 Å². The lowest BCUT2D eigenvalue weighted by atomic mass is 10.3. The van der Waals surface area contributed by atoms with Gasteiger partial charge in [-0.2, -0.15) is 4.98 Å². The Morgan fingerprint density at radius 2 is 2.36 bits per heavy atom. The molecule has 0 spiro atoms. The van der Waals surface area contributed by atoms with Gasteiger partial charge in [-0.05, 0) is 20.3 Å². The Bertz CT molecular complexity index is 303. The van der Waals surface area contributed by atoms with Crippen molar-refractivity contribution in [3.8, 4) is 5.88 Å². The normalized spacial score (nSPS) is 12.3. The number of nitrogens with two attached hydrogens (primary N) is 1. The highest BCUT2D eigenvalue weighted by Gasteiger charge is 2.07. The lowest BCUT2D eigenvalue weighted by molar-refractivity contribution is 0.207. The summed E-state index contributed by atoms with van der Waals surface area (Å²) in [5.41, 5.74) is 3.29. The van der Waals surface area contributed by atoms with Gasteiger partial charge in [0.25, 0.3) is 0 Å². The van der Waals surface area contributed by atoms with Gasteiger partial charge < -0.3 is 4.74 Å². The number of nitrogens with one attached hydrogen (secondary N) is 1. The number of aromatic nitrogens is 2. The van der Waals surface area contributed by atoms with Crippen molar-refractivity contribution in [2.24, 2.45) is 5.84 Å². The highest BCUT2D eigenvalue weighted by Crippen LogP contribution is 2.16. The Kier molecular flexibility index (Phi) is 3.64. The average molecular weight is 196 g/mol. The minimum Gasteiger partial charge on any atom is -0.474 e. The summed E-state index contributed by atoms with van der Waals surface area (Å²) in [5.74, 6) is 6.16. The zero-order valence-corrected chi connectivity index (χ0v) is 8.74. The third-order valence-electron chi connectivity index (χ3n) is 1.94. The van der Waals surface area contributed by atoms with Crippen molar-refractivity contribution in [3.05, 3.63) is 11.8 Å². The lowest BCUT2D eigenvalue weighted by Gasteiger charge is -2.13. The molecule has 1 aromatic rings. The molecule has 0 saturated heterocycles. The number of nitrogen functional groups attached to an aromatic ring is 1. The molecule has 0 amide bonds. The smallest absolute Gasteiger partial charge is 0.240 e. The van der Waals surface area contributed by atoms with Crippen molar-refractivity contribution in [1.29, 1.82) is 0 Å². The quantitative estimate of drug-likeness (QED) is 0.560. The van der Waals surface area contributed by atoms with E-state index in [9.17, 15) is 0 Å². The van der Waals surface area contributed by atoms with Gasteiger partial charge in [0.2, 0.25) is 11.8 Å². The highest BCUT2D eigenvalue weighted by molar-refractivity contribution is 5.31. The average Bonchev–Trinajstić information content (AvgIpc) is 2.21. The fourth-order valence-corrected chi connectivity index (χ4v) is 0.889. The Balaban J connectivity index is 2.83. The van der Waals surface area contributed by atoms with Crippen molar-refractivity contribution in [2.75, 3.05) is 5.43 Å². The number of hydrogen-bond acceptors (Lipinski definition) is 5. The monoisotopic (exact) mass is 196 g/mol. The van der Waals surface area contributed by atoms with Gasteiger partial charge in [0.05, 0.1) is 6.10 Å². The summed E-state index contributed by atoms with van der Waals surface area (Å²) in [5, 5.41) is 0. The van der Waals surface area contributed by atoms with Crippen molar-refractivity contribution >= 4 is 5.95 Å². The van der Waals surface area contributed by atoms with Crippen LogP contribution < -0.4 is 16.0 Å². The summed E-state index contributed by atoms with van der Waals surface area (Å²) in [6.07, 6.45) is 2.77. The van der Waals surface area contributed by atoms with Gasteiger partial charge in [-0.25, -0.2) is 10.8 Å². The van der Waals surface area contributed by atoms with Crippen molar-refractivity contribution < 1.29 is 4.74 Å². The first-order valence-corrected chi connectivity index (χ1v) is 4.64. The number of ether oxygens (including phenoxy) is 1. The molecule has 1 atom stereocenters. The largest absolute Gasteiger partial charge is 0.474 e.